The van der Waals surface area contributed by atoms with Crippen LogP contribution in [0.15, 0.2) is 12.3 Å². The zero-order valence-electron chi connectivity index (χ0n) is 10.9. The zero-order chi connectivity index (χ0) is 12.9. The summed E-state index contributed by atoms with van der Waals surface area (Å²) >= 11 is 12.3. The maximum atomic E-state index is 6.14. The van der Waals surface area contributed by atoms with E-state index in [2.05, 4.69) is 25.0 Å². The van der Waals surface area contributed by atoms with E-state index < -0.39 is 0 Å². The molecule has 1 aromatic rings. The van der Waals surface area contributed by atoms with E-state index in [0.29, 0.717) is 17.7 Å². The molecule has 0 bridgehead atoms. The number of halogens is 2. The lowest BCUT2D eigenvalue weighted by atomic mass is 9.79. The summed E-state index contributed by atoms with van der Waals surface area (Å²) in [5.74, 6) is 1.89. The minimum Gasteiger partial charge on any atom is -0.273 e. The molecule has 0 aliphatic heterocycles. The molecule has 2 nitrogen and oxygen atoms in total. The van der Waals surface area contributed by atoms with Crippen LogP contribution in [0, 0.1) is 11.3 Å². The molecule has 0 amide bonds. The molecule has 0 N–H and O–H groups in total. The minimum atomic E-state index is 0.0571. The highest BCUT2D eigenvalue weighted by molar-refractivity contribution is 6.21. The van der Waals surface area contributed by atoms with Crippen molar-refractivity contribution in [1.29, 1.82) is 0 Å². The van der Waals surface area contributed by atoms with Gasteiger partial charge in [0.15, 0.2) is 0 Å². The molecule has 0 saturated heterocycles. The van der Waals surface area contributed by atoms with Crippen molar-refractivity contribution in [2.24, 2.45) is 18.4 Å². The van der Waals surface area contributed by atoms with Crippen LogP contribution in [-0.2, 0) is 13.5 Å². The second kappa shape index (κ2) is 6.65. The zero-order valence-corrected chi connectivity index (χ0v) is 12.4. The largest absolute Gasteiger partial charge is 0.273 e. The lowest BCUT2D eigenvalue weighted by molar-refractivity contribution is 0.274. The van der Waals surface area contributed by atoms with Crippen LogP contribution in [-0.4, -0.2) is 21.5 Å². The van der Waals surface area contributed by atoms with Gasteiger partial charge < -0.3 is 0 Å². The molecule has 0 saturated carbocycles. The van der Waals surface area contributed by atoms with E-state index >= 15 is 0 Å². The lowest BCUT2D eigenvalue weighted by Crippen LogP contribution is -2.28. The molecule has 0 spiro atoms. The van der Waals surface area contributed by atoms with E-state index in [0.717, 1.165) is 19.3 Å². The number of alkyl halides is 2. The lowest BCUT2D eigenvalue weighted by Gasteiger charge is -2.31. The molecule has 0 fully saturated rings. The van der Waals surface area contributed by atoms with Crippen LogP contribution < -0.4 is 0 Å². The molecule has 0 atom stereocenters. The van der Waals surface area contributed by atoms with Gasteiger partial charge in [-0.1, -0.05) is 13.8 Å². The molecule has 0 aliphatic rings. The fourth-order valence-corrected chi connectivity index (χ4v) is 3.06. The van der Waals surface area contributed by atoms with Crippen molar-refractivity contribution < 1.29 is 0 Å². The minimum absolute atomic E-state index is 0.0571. The third kappa shape index (κ3) is 4.18. The smallest absolute Gasteiger partial charge is 0.0492 e. The highest BCUT2D eigenvalue weighted by Gasteiger charge is 2.29. The van der Waals surface area contributed by atoms with Crippen molar-refractivity contribution in [3.8, 4) is 0 Å². The summed E-state index contributed by atoms with van der Waals surface area (Å²) in [6, 6.07) is 2.06. The van der Waals surface area contributed by atoms with Crippen molar-refractivity contribution in [3.05, 3.63) is 18.0 Å². The van der Waals surface area contributed by atoms with Gasteiger partial charge in [0.25, 0.3) is 0 Å². The number of hydrogen-bond acceptors (Lipinski definition) is 1. The van der Waals surface area contributed by atoms with E-state index in [9.17, 15) is 0 Å². The highest BCUT2D eigenvalue weighted by Crippen LogP contribution is 2.34. The third-order valence-corrected chi connectivity index (χ3v) is 4.38. The maximum absolute atomic E-state index is 6.14. The van der Waals surface area contributed by atoms with Crippen LogP contribution in [0.25, 0.3) is 0 Å². The van der Waals surface area contributed by atoms with Crippen LogP contribution in [0.2, 0.25) is 0 Å². The molecule has 4 heteroatoms. The standard InChI is InChI=1S/C13H22Cl2N2/c1-11(2)8-13(9-14,10-15)6-4-12-5-7-16-17(12)3/h5,7,11H,4,6,8-10H2,1-3H3. The Morgan fingerprint density at radius 2 is 2.00 bits per heavy atom. The van der Waals surface area contributed by atoms with Gasteiger partial charge in [0.2, 0.25) is 0 Å². The van der Waals surface area contributed by atoms with Crippen molar-refractivity contribution >= 4 is 23.2 Å². The third-order valence-electron chi connectivity index (χ3n) is 3.24. The van der Waals surface area contributed by atoms with Crippen LogP contribution >= 0.6 is 23.2 Å². The Morgan fingerprint density at radius 3 is 2.41 bits per heavy atom. The Bertz CT molecular complexity index is 330. The molecule has 0 aromatic carbocycles. The molecule has 1 aromatic heterocycles. The summed E-state index contributed by atoms with van der Waals surface area (Å²) in [7, 11) is 1.97. The number of aryl methyl sites for hydroxylation is 2. The number of aromatic nitrogens is 2. The Morgan fingerprint density at radius 1 is 1.35 bits per heavy atom. The predicted molar refractivity (Wildman–Crippen MR) is 74.9 cm³/mol. The van der Waals surface area contributed by atoms with E-state index in [1.54, 1.807) is 0 Å². The number of rotatable bonds is 7. The summed E-state index contributed by atoms with van der Waals surface area (Å²) < 4.78 is 1.92. The normalized spacial score (nSPS) is 12.4. The molecule has 0 radical (unpaired) electrons. The monoisotopic (exact) mass is 276 g/mol. The van der Waals surface area contributed by atoms with Gasteiger partial charge >= 0.3 is 0 Å². The van der Waals surface area contributed by atoms with E-state index in [1.807, 2.05) is 17.9 Å². The average Bonchev–Trinajstić information content (AvgIpc) is 2.70. The summed E-state index contributed by atoms with van der Waals surface area (Å²) in [5.41, 5.74) is 1.30. The topological polar surface area (TPSA) is 17.8 Å². The second-order valence-corrected chi connectivity index (χ2v) is 5.85. The number of nitrogens with zero attached hydrogens (tertiary/aromatic N) is 2. The predicted octanol–water partition coefficient (Wildman–Crippen LogP) is 3.86. The summed E-state index contributed by atoms with van der Waals surface area (Å²) in [4.78, 5) is 0. The maximum Gasteiger partial charge on any atom is 0.0492 e. The SMILES string of the molecule is CC(C)CC(CCl)(CCl)CCc1ccnn1C. The van der Waals surface area contributed by atoms with Crippen LogP contribution in [0.3, 0.4) is 0 Å². The number of hydrogen-bond donors (Lipinski definition) is 0. The first-order valence-electron chi connectivity index (χ1n) is 6.12. The van der Waals surface area contributed by atoms with Crippen molar-refractivity contribution in [2.45, 2.75) is 33.1 Å². The quantitative estimate of drug-likeness (QED) is 0.692. The molecule has 98 valence electrons. The molecule has 0 aliphatic carbocycles. The highest BCUT2D eigenvalue weighted by atomic mass is 35.5. The van der Waals surface area contributed by atoms with Crippen molar-refractivity contribution in [1.82, 2.24) is 9.78 Å². The van der Waals surface area contributed by atoms with Gasteiger partial charge in [0.05, 0.1) is 0 Å². The van der Waals surface area contributed by atoms with Gasteiger partial charge in [0, 0.05) is 30.7 Å². The summed E-state index contributed by atoms with van der Waals surface area (Å²) in [6.07, 6.45) is 4.93. The fourth-order valence-electron chi connectivity index (χ4n) is 2.29. The van der Waals surface area contributed by atoms with E-state index in [-0.39, 0.29) is 5.41 Å². The van der Waals surface area contributed by atoms with E-state index in [4.69, 9.17) is 23.2 Å². The van der Waals surface area contributed by atoms with E-state index in [1.165, 1.54) is 5.69 Å². The fraction of sp³-hybridized carbons (Fsp3) is 0.769. The average molecular weight is 277 g/mol. The van der Waals surface area contributed by atoms with Gasteiger partial charge in [-0.25, -0.2) is 0 Å². The van der Waals surface area contributed by atoms with Gasteiger partial charge in [-0.05, 0) is 36.7 Å². The second-order valence-electron chi connectivity index (χ2n) is 5.31. The van der Waals surface area contributed by atoms with Gasteiger partial charge in [0.1, 0.15) is 0 Å². The first-order valence-corrected chi connectivity index (χ1v) is 7.19. The van der Waals surface area contributed by atoms with Gasteiger partial charge in [-0.15, -0.1) is 23.2 Å². The summed E-state index contributed by atoms with van der Waals surface area (Å²) in [5, 5.41) is 4.18. The Balaban J connectivity index is 2.64. The van der Waals surface area contributed by atoms with Gasteiger partial charge in [-0.2, -0.15) is 5.10 Å². The Hall–Kier alpha value is -0.210. The van der Waals surface area contributed by atoms with Crippen LogP contribution in [0.1, 0.15) is 32.4 Å². The first-order chi connectivity index (χ1) is 8.03. The molecule has 1 heterocycles. The van der Waals surface area contributed by atoms with Crippen LogP contribution in [0.5, 0.6) is 0 Å². The molecule has 1 rings (SSSR count). The first kappa shape index (κ1) is 14.8. The van der Waals surface area contributed by atoms with Gasteiger partial charge in [-0.3, -0.25) is 4.68 Å². The molecular formula is C13H22Cl2N2. The van der Waals surface area contributed by atoms with Crippen molar-refractivity contribution in [2.75, 3.05) is 11.8 Å². The summed E-state index contributed by atoms with van der Waals surface area (Å²) in [6.45, 7) is 4.44. The Kier molecular flexibility index (Phi) is 5.81. The molecule has 0 unspecified atom stereocenters. The molecule has 17 heavy (non-hydrogen) atoms. The Labute approximate surface area is 114 Å². The van der Waals surface area contributed by atoms with Crippen LogP contribution in [0.4, 0.5) is 0 Å². The molecular weight excluding hydrogens is 255 g/mol. The van der Waals surface area contributed by atoms with Crippen molar-refractivity contribution in [3.63, 3.8) is 0 Å².